The largest absolute Gasteiger partial charge is 0.444 e. The Morgan fingerprint density at radius 3 is 1.33 bits per heavy atom. The molecular weight excluding hydrogens is 816 g/mol. The van der Waals surface area contributed by atoms with Crippen LogP contribution in [-0.2, 0) is 37.9 Å². The molecule has 3 fully saturated rings. The lowest BCUT2D eigenvalue weighted by atomic mass is 9.83. The van der Waals surface area contributed by atoms with Gasteiger partial charge in [-0.15, -0.1) is 0 Å². The lowest BCUT2D eigenvalue weighted by Crippen LogP contribution is -2.70. The smallest absolute Gasteiger partial charge is 0.408 e. The maximum Gasteiger partial charge on any atom is 0.408 e. The first kappa shape index (κ1) is 52.0. The summed E-state index contributed by atoms with van der Waals surface area (Å²) in [7, 11) is 0. The molecule has 0 spiro atoms. The van der Waals surface area contributed by atoms with Gasteiger partial charge in [0.05, 0.1) is 24.7 Å². The van der Waals surface area contributed by atoms with Crippen molar-refractivity contribution in [1.82, 2.24) is 21.3 Å². The molecule has 11 N–H and O–H groups in total. The Kier molecular flexibility index (Phi) is 17.4. The molecule has 3 rings (SSSR count). The van der Waals surface area contributed by atoms with E-state index in [1.807, 2.05) is 0 Å². The summed E-state index contributed by atoms with van der Waals surface area (Å²) in [5.41, 5.74) is -3.90. The SMILES string of the molecule is CC(C)(C)OC(=O)NC[C@H]1O[C@H](O[C@H]2[C@H](O)[C@@H](O[C@H]3O[C@H](CO)[C@@H](O)[C@H](NC(=O)OC(C)(C)C)[C@H]3O)[C@H](NC(=O)OC(C)(C)C)C[C@@H]2NC(=O)OC(C)(C)C)[C@H](O)[C@@H](O)[C@@H]1O. The van der Waals surface area contributed by atoms with Gasteiger partial charge in [0, 0.05) is 6.54 Å². The fraction of sp³-hybridized carbons (Fsp3) is 0.895. The summed E-state index contributed by atoms with van der Waals surface area (Å²) in [5.74, 6) is 0. The quantitative estimate of drug-likeness (QED) is 0.117. The molecule has 1 aliphatic carbocycles. The van der Waals surface area contributed by atoms with Gasteiger partial charge in [0.25, 0.3) is 0 Å². The molecule has 2 heterocycles. The third kappa shape index (κ3) is 15.7. The number of alkyl carbamates (subject to hydrolysis) is 4. The number of nitrogens with one attached hydrogen (secondary N) is 4. The van der Waals surface area contributed by atoms with Gasteiger partial charge >= 0.3 is 24.4 Å². The van der Waals surface area contributed by atoms with E-state index < -0.39 is 152 Å². The van der Waals surface area contributed by atoms with Crippen LogP contribution in [0.25, 0.3) is 0 Å². The van der Waals surface area contributed by atoms with Gasteiger partial charge in [-0.05, 0) is 89.5 Å². The van der Waals surface area contributed by atoms with Crippen molar-refractivity contribution >= 4 is 24.4 Å². The first-order valence-electron chi connectivity index (χ1n) is 20.1. The fourth-order valence-corrected chi connectivity index (χ4v) is 6.57. The Hall–Kier alpha value is -3.36. The van der Waals surface area contributed by atoms with E-state index in [0.717, 1.165) is 0 Å². The minimum atomic E-state index is -2.00. The summed E-state index contributed by atoms with van der Waals surface area (Å²) in [4.78, 5) is 51.6. The van der Waals surface area contributed by atoms with E-state index in [2.05, 4.69) is 21.3 Å². The Bertz CT molecular complexity index is 1480. The molecule has 4 amide bonds. The van der Waals surface area contributed by atoms with Gasteiger partial charge in [0.2, 0.25) is 0 Å². The third-order valence-corrected chi connectivity index (χ3v) is 9.04. The van der Waals surface area contributed by atoms with Crippen LogP contribution < -0.4 is 21.3 Å². The molecule has 0 radical (unpaired) electrons. The van der Waals surface area contributed by atoms with Crippen LogP contribution in [0.15, 0.2) is 0 Å². The molecule has 0 aromatic heterocycles. The van der Waals surface area contributed by atoms with Crippen LogP contribution in [0.3, 0.4) is 0 Å². The number of ether oxygens (including phenoxy) is 8. The predicted octanol–water partition coefficient (Wildman–Crippen LogP) is -1.03. The Balaban J connectivity index is 2.05. The van der Waals surface area contributed by atoms with E-state index in [-0.39, 0.29) is 6.42 Å². The maximum atomic E-state index is 13.2. The minimum Gasteiger partial charge on any atom is -0.444 e. The molecule has 0 aromatic rings. The number of carbonyl (C=O) groups is 4. The molecule has 61 heavy (non-hydrogen) atoms. The van der Waals surface area contributed by atoms with Gasteiger partial charge in [-0.2, -0.15) is 0 Å². The summed E-state index contributed by atoms with van der Waals surface area (Å²) in [6, 6.07) is -4.26. The van der Waals surface area contributed by atoms with Crippen molar-refractivity contribution < 1.29 is 92.8 Å². The molecule has 0 aromatic carbocycles. The third-order valence-electron chi connectivity index (χ3n) is 9.04. The lowest BCUT2D eigenvalue weighted by Gasteiger charge is -2.49. The lowest BCUT2D eigenvalue weighted by molar-refractivity contribution is -0.334. The predicted molar refractivity (Wildman–Crippen MR) is 209 cm³/mol. The number of hydrogen-bond donors (Lipinski definition) is 11. The van der Waals surface area contributed by atoms with E-state index in [0.29, 0.717) is 0 Å². The van der Waals surface area contributed by atoms with Crippen LogP contribution in [0, 0.1) is 0 Å². The number of hydrogen-bond acceptors (Lipinski definition) is 19. The Morgan fingerprint density at radius 2 is 0.902 bits per heavy atom. The fourth-order valence-electron chi connectivity index (χ4n) is 6.57. The van der Waals surface area contributed by atoms with E-state index in [4.69, 9.17) is 37.9 Å². The zero-order chi connectivity index (χ0) is 46.6. The average molecular weight is 885 g/mol. The molecule has 3 aliphatic rings. The average Bonchev–Trinajstić information content (AvgIpc) is 3.07. The maximum absolute atomic E-state index is 13.2. The molecule has 354 valence electrons. The number of aliphatic hydroxyl groups is 7. The highest BCUT2D eigenvalue weighted by atomic mass is 16.7. The van der Waals surface area contributed by atoms with Gasteiger partial charge in [0.1, 0.15) is 83.4 Å². The van der Waals surface area contributed by atoms with Gasteiger partial charge in [0.15, 0.2) is 12.6 Å². The molecule has 23 heteroatoms. The Labute approximate surface area is 355 Å². The normalized spacial score (nSPS) is 35.0. The topological polar surface area (TPSA) is 332 Å². The number of amides is 4. The van der Waals surface area contributed by atoms with Gasteiger partial charge < -0.3 is 94.9 Å². The highest BCUT2D eigenvalue weighted by Crippen LogP contribution is 2.34. The zero-order valence-electron chi connectivity index (χ0n) is 36.8. The van der Waals surface area contributed by atoms with Crippen LogP contribution in [0.4, 0.5) is 19.2 Å². The second-order valence-electron chi connectivity index (χ2n) is 19.2. The van der Waals surface area contributed by atoms with Gasteiger partial charge in [-0.1, -0.05) is 0 Å². The number of rotatable bonds is 10. The van der Waals surface area contributed by atoms with Crippen molar-refractivity contribution in [2.45, 2.75) is 204 Å². The van der Waals surface area contributed by atoms with Crippen LogP contribution in [-0.4, -0.2) is 187 Å². The van der Waals surface area contributed by atoms with Crippen molar-refractivity contribution in [1.29, 1.82) is 0 Å². The molecule has 15 atom stereocenters. The van der Waals surface area contributed by atoms with Gasteiger partial charge in [-0.3, -0.25) is 0 Å². The second-order valence-corrected chi connectivity index (χ2v) is 19.2. The highest BCUT2D eigenvalue weighted by molar-refractivity contribution is 5.70. The molecule has 1 saturated carbocycles. The summed E-state index contributed by atoms with van der Waals surface area (Å²) in [5, 5.41) is 87.3. The summed E-state index contributed by atoms with van der Waals surface area (Å²) in [6.45, 7) is 17.9. The van der Waals surface area contributed by atoms with Gasteiger partial charge in [-0.25, -0.2) is 19.2 Å². The van der Waals surface area contributed by atoms with Crippen molar-refractivity contribution in [2.24, 2.45) is 0 Å². The molecule has 2 saturated heterocycles. The summed E-state index contributed by atoms with van der Waals surface area (Å²) in [6.07, 6.45) is -25.7. The van der Waals surface area contributed by atoms with Crippen molar-refractivity contribution in [2.75, 3.05) is 13.2 Å². The summed E-state index contributed by atoms with van der Waals surface area (Å²) < 4.78 is 45.2. The Morgan fingerprint density at radius 1 is 0.508 bits per heavy atom. The minimum absolute atomic E-state index is 0.364. The molecule has 0 bridgehead atoms. The van der Waals surface area contributed by atoms with Crippen molar-refractivity contribution in [3.63, 3.8) is 0 Å². The number of carbonyl (C=O) groups excluding carboxylic acids is 4. The zero-order valence-corrected chi connectivity index (χ0v) is 36.8. The van der Waals surface area contributed by atoms with E-state index in [1.165, 1.54) is 0 Å². The van der Waals surface area contributed by atoms with Crippen LogP contribution in [0.5, 0.6) is 0 Å². The monoisotopic (exact) mass is 884 g/mol. The molecule has 0 unspecified atom stereocenters. The first-order chi connectivity index (χ1) is 27.8. The van der Waals surface area contributed by atoms with Crippen LogP contribution >= 0.6 is 0 Å². The van der Waals surface area contributed by atoms with E-state index in [9.17, 15) is 54.9 Å². The van der Waals surface area contributed by atoms with Crippen LogP contribution in [0.1, 0.15) is 89.5 Å². The first-order valence-corrected chi connectivity index (χ1v) is 20.1. The van der Waals surface area contributed by atoms with Crippen molar-refractivity contribution in [3.8, 4) is 0 Å². The molecular formula is C38H68N4O19. The van der Waals surface area contributed by atoms with Crippen LogP contribution in [0.2, 0.25) is 0 Å². The molecule has 23 nitrogen and oxygen atoms in total. The molecule has 2 aliphatic heterocycles. The second kappa shape index (κ2) is 20.4. The highest BCUT2D eigenvalue weighted by Gasteiger charge is 2.54. The van der Waals surface area contributed by atoms with E-state index >= 15 is 0 Å². The number of aliphatic hydroxyl groups excluding tert-OH is 7. The van der Waals surface area contributed by atoms with Crippen molar-refractivity contribution in [3.05, 3.63) is 0 Å². The van der Waals surface area contributed by atoms with E-state index in [1.54, 1.807) is 83.1 Å². The standard InChI is InChI=1S/C38H68N4O19/c1-35(2,3)58-31(50)39-14-18-22(45)24(47)25(48)30(54-18)57-28-17(41-33(52)60-37(7,8)9)13-16(40-32(51)59-36(4,5)6)27(26(28)49)56-29-23(46)20(21(44)19(15-43)55-29)42-34(53)61-38(10,11)12/h16-30,43-49H,13-15H2,1-12H3,(H,39,50)(H,40,51)(H,41,52)(H,42,53)/t16-,17+,18-,19-,20+,21-,22-,23-,24+,25-,26-,27+,28-,29-,30-/m1/s1. The summed E-state index contributed by atoms with van der Waals surface area (Å²) >= 11 is 0.